The van der Waals surface area contributed by atoms with Crippen molar-refractivity contribution in [3.8, 4) is 12.3 Å². The average molecular weight is 285 g/mol. The van der Waals surface area contributed by atoms with E-state index in [1.54, 1.807) is 0 Å². The molecule has 17 heavy (non-hydrogen) atoms. The van der Waals surface area contributed by atoms with E-state index in [9.17, 15) is 0 Å². The number of hydrogen-bond donors (Lipinski definition) is 0. The fourth-order valence-corrected chi connectivity index (χ4v) is 2.07. The first-order valence-electron chi connectivity index (χ1n) is 5.53. The van der Waals surface area contributed by atoms with Crippen molar-refractivity contribution in [3.05, 3.63) is 69.7 Å². The summed E-state index contributed by atoms with van der Waals surface area (Å²) in [5.74, 6) is 2.68. The van der Waals surface area contributed by atoms with Crippen LogP contribution < -0.4 is 0 Å². The van der Waals surface area contributed by atoms with Gasteiger partial charge in [0.1, 0.15) is 0 Å². The second kappa shape index (κ2) is 5.70. The Morgan fingerprint density at radius 1 is 0.941 bits per heavy atom. The summed E-state index contributed by atoms with van der Waals surface area (Å²) in [7, 11) is 0. The highest BCUT2D eigenvalue weighted by atomic mass is 79.9. The van der Waals surface area contributed by atoms with Gasteiger partial charge in [-0.25, -0.2) is 0 Å². The molecule has 0 bridgehead atoms. The molecule has 2 rings (SSSR count). The molecule has 0 nitrogen and oxygen atoms in total. The number of benzene rings is 2. The van der Waals surface area contributed by atoms with Crippen molar-refractivity contribution in [2.24, 2.45) is 0 Å². The molecule has 0 atom stereocenters. The zero-order valence-corrected chi connectivity index (χ0v) is 11.1. The van der Waals surface area contributed by atoms with Crippen molar-refractivity contribution in [2.45, 2.75) is 12.8 Å². The first-order valence-corrected chi connectivity index (χ1v) is 6.33. The van der Waals surface area contributed by atoms with Gasteiger partial charge in [0.25, 0.3) is 0 Å². The van der Waals surface area contributed by atoms with Crippen molar-refractivity contribution >= 4 is 15.9 Å². The van der Waals surface area contributed by atoms with Crippen molar-refractivity contribution < 1.29 is 0 Å². The lowest BCUT2D eigenvalue weighted by molar-refractivity contribution is 1.17. The molecule has 0 fully saturated rings. The van der Waals surface area contributed by atoms with Crippen LogP contribution in [-0.2, 0) is 12.8 Å². The SMILES string of the molecule is C#CCc1cccc(Cc2ccc(Br)cc2)c1. The van der Waals surface area contributed by atoms with Gasteiger partial charge in [-0.2, -0.15) is 0 Å². The van der Waals surface area contributed by atoms with Crippen LogP contribution in [-0.4, -0.2) is 0 Å². The summed E-state index contributed by atoms with van der Waals surface area (Å²) in [4.78, 5) is 0. The lowest BCUT2D eigenvalue weighted by Crippen LogP contribution is -1.90. The minimum absolute atomic E-state index is 0.703. The molecule has 0 unspecified atom stereocenters. The van der Waals surface area contributed by atoms with Crippen LogP contribution in [0.15, 0.2) is 53.0 Å². The van der Waals surface area contributed by atoms with E-state index in [2.05, 4.69) is 70.4 Å². The highest BCUT2D eigenvalue weighted by Crippen LogP contribution is 2.15. The summed E-state index contributed by atoms with van der Waals surface area (Å²) in [6.45, 7) is 0. The van der Waals surface area contributed by atoms with Crippen LogP contribution in [0.2, 0.25) is 0 Å². The van der Waals surface area contributed by atoms with Crippen LogP contribution >= 0.6 is 15.9 Å². The Morgan fingerprint density at radius 2 is 1.65 bits per heavy atom. The van der Waals surface area contributed by atoms with Gasteiger partial charge in [-0.05, 0) is 35.2 Å². The fourth-order valence-electron chi connectivity index (χ4n) is 1.81. The highest BCUT2D eigenvalue weighted by molar-refractivity contribution is 9.10. The van der Waals surface area contributed by atoms with Gasteiger partial charge in [0, 0.05) is 10.9 Å². The monoisotopic (exact) mass is 284 g/mol. The summed E-state index contributed by atoms with van der Waals surface area (Å²) in [6.07, 6.45) is 6.98. The van der Waals surface area contributed by atoms with E-state index < -0.39 is 0 Å². The molecule has 0 N–H and O–H groups in total. The number of rotatable bonds is 3. The van der Waals surface area contributed by atoms with Gasteiger partial charge in [-0.1, -0.05) is 52.3 Å². The van der Waals surface area contributed by atoms with Crippen LogP contribution in [0.1, 0.15) is 16.7 Å². The molecule has 2 aromatic rings. The van der Waals surface area contributed by atoms with E-state index in [4.69, 9.17) is 6.42 Å². The molecule has 1 heteroatoms. The van der Waals surface area contributed by atoms with E-state index in [1.165, 1.54) is 16.7 Å². The standard InChI is InChI=1S/C16H13Br/c1-2-4-13-5-3-6-15(11-13)12-14-7-9-16(17)10-8-14/h1,3,5-11H,4,12H2. The largest absolute Gasteiger partial charge is 0.120 e. The van der Waals surface area contributed by atoms with Gasteiger partial charge in [0.2, 0.25) is 0 Å². The van der Waals surface area contributed by atoms with Crippen LogP contribution in [0.5, 0.6) is 0 Å². The Balaban J connectivity index is 2.16. The maximum atomic E-state index is 5.32. The molecule has 84 valence electrons. The van der Waals surface area contributed by atoms with Gasteiger partial charge >= 0.3 is 0 Å². The van der Waals surface area contributed by atoms with Crippen LogP contribution in [0.25, 0.3) is 0 Å². The van der Waals surface area contributed by atoms with Gasteiger partial charge in [-0.15, -0.1) is 12.3 Å². The Hall–Kier alpha value is -1.52. The van der Waals surface area contributed by atoms with Crippen molar-refractivity contribution in [1.29, 1.82) is 0 Å². The van der Waals surface area contributed by atoms with Crippen LogP contribution in [0.4, 0.5) is 0 Å². The highest BCUT2D eigenvalue weighted by Gasteiger charge is 1.98. The third-order valence-corrected chi connectivity index (χ3v) is 3.15. The lowest BCUT2D eigenvalue weighted by Gasteiger charge is -2.04. The molecular weight excluding hydrogens is 272 g/mol. The Kier molecular flexibility index (Phi) is 4.01. The predicted octanol–water partition coefficient (Wildman–Crippen LogP) is 4.22. The van der Waals surface area contributed by atoms with Crippen molar-refractivity contribution in [1.82, 2.24) is 0 Å². The first-order chi connectivity index (χ1) is 8.28. The lowest BCUT2D eigenvalue weighted by atomic mass is 10.0. The Labute approximate surface area is 111 Å². The van der Waals surface area contributed by atoms with Crippen LogP contribution in [0.3, 0.4) is 0 Å². The summed E-state index contributed by atoms with van der Waals surface area (Å²) in [5, 5.41) is 0. The van der Waals surface area contributed by atoms with E-state index in [0.717, 1.165) is 10.9 Å². The third-order valence-electron chi connectivity index (χ3n) is 2.62. The van der Waals surface area contributed by atoms with Gasteiger partial charge in [-0.3, -0.25) is 0 Å². The molecular formula is C16H13Br. The predicted molar refractivity (Wildman–Crippen MR) is 75.9 cm³/mol. The Morgan fingerprint density at radius 3 is 2.35 bits per heavy atom. The first kappa shape index (κ1) is 12.0. The summed E-state index contributed by atoms with van der Waals surface area (Å²) in [6, 6.07) is 16.9. The molecule has 0 aromatic heterocycles. The maximum absolute atomic E-state index is 5.32. The molecule has 0 saturated carbocycles. The summed E-state index contributed by atoms with van der Waals surface area (Å²) in [5.41, 5.74) is 3.83. The van der Waals surface area contributed by atoms with Gasteiger partial charge in [0.05, 0.1) is 0 Å². The minimum Gasteiger partial charge on any atom is -0.120 e. The van der Waals surface area contributed by atoms with E-state index in [-0.39, 0.29) is 0 Å². The second-order valence-corrected chi connectivity index (χ2v) is 4.92. The molecule has 0 heterocycles. The fraction of sp³-hybridized carbons (Fsp3) is 0.125. The van der Waals surface area contributed by atoms with E-state index in [1.807, 2.05) is 0 Å². The average Bonchev–Trinajstić information content (AvgIpc) is 2.33. The van der Waals surface area contributed by atoms with Crippen molar-refractivity contribution in [3.63, 3.8) is 0 Å². The smallest absolute Gasteiger partial charge is 0.0337 e. The zero-order chi connectivity index (χ0) is 12.1. The molecule has 0 spiro atoms. The maximum Gasteiger partial charge on any atom is 0.0337 e. The van der Waals surface area contributed by atoms with E-state index in [0.29, 0.717) is 6.42 Å². The molecule has 0 aliphatic heterocycles. The van der Waals surface area contributed by atoms with Crippen LogP contribution in [0, 0.1) is 12.3 Å². The Bertz CT molecular complexity index is 532. The van der Waals surface area contributed by atoms with Crippen molar-refractivity contribution in [2.75, 3.05) is 0 Å². The number of hydrogen-bond acceptors (Lipinski definition) is 0. The molecule has 0 amide bonds. The number of halogens is 1. The quantitative estimate of drug-likeness (QED) is 0.741. The zero-order valence-electron chi connectivity index (χ0n) is 9.49. The normalized spacial score (nSPS) is 9.88. The second-order valence-electron chi connectivity index (χ2n) is 4.00. The minimum atomic E-state index is 0.703. The summed E-state index contributed by atoms with van der Waals surface area (Å²) >= 11 is 3.44. The van der Waals surface area contributed by atoms with Gasteiger partial charge < -0.3 is 0 Å². The third kappa shape index (κ3) is 3.47. The molecule has 0 saturated heterocycles. The molecule has 0 aliphatic carbocycles. The molecule has 0 aliphatic rings. The van der Waals surface area contributed by atoms with Gasteiger partial charge in [0.15, 0.2) is 0 Å². The summed E-state index contributed by atoms with van der Waals surface area (Å²) < 4.78 is 1.11. The topological polar surface area (TPSA) is 0 Å². The van der Waals surface area contributed by atoms with E-state index >= 15 is 0 Å². The number of terminal acetylenes is 1. The molecule has 0 radical (unpaired) electrons. The molecule has 2 aromatic carbocycles.